The molecule has 3 rings (SSSR count). The van der Waals surface area contributed by atoms with Gasteiger partial charge in [0.1, 0.15) is 16.9 Å². The minimum Gasteiger partial charge on any atom is -0.497 e. The van der Waals surface area contributed by atoms with Crippen LogP contribution in [-0.4, -0.2) is 7.11 Å². The number of rotatable bonds is 1. The zero-order valence-electron chi connectivity index (χ0n) is 9.36. The Labute approximate surface area is 98.8 Å². The van der Waals surface area contributed by atoms with Crippen LogP contribution in [0.2, 0.25) is 0 Å². The first-order valence-electron chi connectivity index (χ1n) is 5.29. The first-order chi connectivity index (χ1) is 8.33. The van der Waals surface area contributed by atoms with Crippen LogP contribution in [0, 0.1) is 12.3 Å². The van der Waals surface area contributed by atoms with Crippen LogP contribution < -0.4 is 4.74 Å². The second kappa shape index (κ2) is 3.57. The molecular formula is C15H10O2. The van der Waals surface area contributed by atoms with Crippen LogP contribution in [-0.2, 0) is 0 Å². The van der Waals surface area contributed by atoms with Gasteiger partial charge in [-0.15, -0.1) is 6.42 Å². The quantitative estimate of drug-likeness (QED) is 0.587. The van der Waals surface area contributed by atoms with Gasteiger partial charge in [0.25, 0.3) is 0 Å². The molecule has 0 amide bonds. The maximum atomic E-state index is 5.74. The minimum absolute atomic E-state index is 0.798. The molecule has 0 unspecified atom stereocenters. The van der Waals surface area contributed by atoms with Gasteiger partial charge in [-0.2, -0.15) is 0 Å². The Morgan fingerprint density at radius 1 is 1.18 bits per heavy atom. The van der Waals surface area contributed by atoms with E-state index in [0.29, 0.717) is 0 Å². The first-order valence-corrected chi connectivity index (χ1v) is 5.29. The lowest BCUT2D eigenvalue weighted by molar-refractivity contribution is 0.415. The molecule has 0 aliphatic heterocycles. The molecule has 0 radical (unpaired) electrons. The van der Waals surface area contributed by atoms with Crippen LogP contribution in [0.1, 0.15) is 5.56 Å². The predicted molar refractivity (Wildman–Crippen MR) is 68.2 cm³/mol. The molecule has 2 aromatic carbocycles. The van der Waals surface area contributed by atoms with Gasteiger partial charge in [0.15, 0.2) is 0 Å². The van der Waals surface area contributed by atoms with Crippen LogP contribution >= 0.6 is 0 Å². The largest absolute Gasteiger partial charge is 0.497 e. The molecule has 0 bridgehead atoms. The van der Waals surface area contributed by atoms with Crippen LogP contribution in [0.15, 0.2) is 40.8 Å². The highest BCUT2D eigenvalue weighted by Crippen LogP contribution is 2.33. The van der Waals surface area contributed by atoms with Crippen molar-refractivity contribution in [1.29, 1.82) is 0 Å². The summed E-state index contributed by atoms with van der Waals surface area (Å²) in [6.07, 6.45) is 5.51. The summed E-state index contributed by atoms with van der Waals surface area (Å²) < 4.78 is 11.0. The third-order valence-electron chi connectivity index (χ3n) is 2.86. The van der Waals surface area contributed by atoms with E-state index in [1.807, 2.05) is 36.4 Å². The molecule has 82 valence electrons. The van der Waals surface area contributed by atoms with E-state index in [1.54, 1.807) is 7.11 Å². The third kappa shape index (κ3) is 1.37. The lowest BCUT2D eigenvalue weighted by atomic mass is 10.1. The molecule has 0 aliphatic rings. The maximum Gasteiger partial charge on any atom is 0.136 e. The molecule has 1 aromatic heterocycles. The molecule has 0 aliphatic carbocycles. The third-order valence-corrected chi connectivity index (χ3v) is 2.86. The molecule has 0 spiro atoms. The van der Waals surface area contributed by atoms with E-state index in [-0.39, 0.29) is 0 Å². The van der Waals surface area contributed by atoms with Gasteiger partial charge in [-0.05, 0) is 30.3 Å². The number of fused-ring (bicyclic) bond motifs is 3. The number of hydrogen-bond acceptors (Lipinski definition) is 2. The number of hydrogen-bond donors (Lipinski definition) is 0. The van der Waals surface area contributed by atoms with E-state index >= 15 is 0 Å². The number of terminal acetylenes is 1. The lowest BCUT2D eigenvalue weighted by Gasteiger charge is -1.98. The predicted octanol–water partition coefficient (Wildman–Crippen LogP) is 3.58. The highest BCUT2D eigenvalue weighted by molar-refractivity contribution is 6.08. The molecule has 1 heterocycles. The van der Waals surface area contributed by atoms with E-state index in [0.717, 1.165) is 33.3 Å². The summed E-state index contributed by atoms with van der Waals surface area (Å²) in [7, 11) is 1.64. The van der Waals surface area contributed by atoms with Crippen molar-refractivity contribution in [3.8, 4) is 18.1 Å². The summed E-state index contributed by atoms with van der Waals surface area (Å²) in [6.45, 7) is 0. The van der Waals surface area contributed by atoms with Gasteiger partial charge in [-0.3, -0.25) is 0 Å². The number of benzene rings is 2. The molecule has 0 N–H and O–H groups in total. The van der Waals surface area contributed by atoms with Gasteiger partial charge in [0.05, 0.1) is 7.11 Å². The summed E-state index contributed by atoms with van der Waals surface area (Å²) in [5.74, 6) is 3.48. The maximum absolute atomic E-state index is 5.74. The molecule has 0 saturated carbocycles. The Hall–Kier alpha value is -2.40. The van der Waals surface area contributed by atoms with Crippen molar-refractivity contribution in [3.63, 3.8) is 0 Å². The molecule has 3 aromatic rings. The Kier molecular flexibility index (Phi) is 2.06. The van der Waals surface area contributed by atoms with E-state index < -0.39 is 0 Å². The van der Waals surface area contributed by atoms with E-state index in [1.165, 1.54) is 0 Å². The van der Waals surface area contributed by atoms with Crippen LogP contribution in [0.4, 0.5) is 0 Å². The normalized spacial score (nSPS) is 10.6. The van der Waals surface area contributed by atoms with Crippen molar-refractivity contribution in [2.45, 2.75) is 0 Å². The average molecular weight is 222 g/mol. The van der Waals surface area contributed by atoms with E-state index in [2.05, 4.69) is 5.92 Å². The smallest absolute Gasteiger partial charge is 0.136 e. The first kappa shape index (κ1) is 9.80. The molecule has 0 atom stereocenters. The van der Waals surface area contributed by atoms with Gasteiger partial charge in [0, 0.05) is 16.3 Å². The second-order valence-electron chi connectivity index (χ2n) is 3.79. The fourth-order valence-electron chi connectivity index (χ4n) is 2.05. The van der Waals surface area contributed by atoms with Crippen LogP contribution in [0.3, 0.4) is 0 Å². The van der Waals surface area contributed by atoms with E-state index in [4.69, 9.17) is 15.6 Å². The molecule has 0 fully saturated rings. The topological polar surface area (TPSA) is 22.4 Å². The SMILES string of the molecule is C#Cc1cccc2oc3ccc(OC)cc3c12. The van der Waals surface area contributed by atoms with Crippen LogP contribution in [0.25, 0.3) is 21.9 Å². The van der Waals surface area contributed by atoms with Crippen LogP contribution in [0.5, 0.6) is 5.75 Å². The summed E-state index contributed by atoms with van der Waals surface area (Å²) in [5.41, 5.74) is 2.47. The highest BCUT2D eigenvalue weighted by atomic mass is 16.5. The van der Waals surface area contributed by atoms with Gasteiger partial charge < -0.3 is 9.15 Å². The molecule has 2 heteroatoms. The molecule has 0 saturated heterocycles. The fraction of sp³-hybridized carbons (Fsp3) is 0.0667. The molecule has 17 heavy (non-hydrogen) atoms. The van der Waals surface area contributed by atoms with Crippen molar-refractivity contribution < 1.29 is 9.15 Å². The zero-order valence-corrected chi connectivity index (χ0v) is 9.36. The Morgan fingerprint density at radius 3 is 2.82 bits per heavy atom. The van der Waals surface area contributed by atoms with E-state index in [9.17, 15) is 0 Å². The number of ether oxygens (including phenoxy) is 1. The average Bonchev–Trinajstić information content (AvgIpc) is 2.75. The molecule has 2 nitrogen and oxygen atoms in total. The summed E-state index contributed by atoms with van der Waals surface area (Å²) in [6, 6.07) is 11.5. The summed E-state index contributed by atoms with van der Waals surface area (Å²) in [5, 5.41) is 1.97. The monoisotopic (exact) mass is 222 g/mol. The van der Waals surface area contributed by atoms with Crippen molar-refractivity contribution in [3.05, 3.63) is 42.0 Å². The Bertz CT molecular complexity index is 745. The van der Waals surface area contributed by atoms with Crippen molar-refractivity contribution in [2.24, 2.45) is 0 Å². The summed E-state index contributed by atoms with van der Waals surface area (Å²) in [4.78, 5) is 0. The zero-order chi connectivity index (χ0) is 11.8. The number of methoxy groups -OCH3 is 1. The van der Waals surface area contributed by atoms with Gasteiger partial charge in [0.2, 0.25) is 0 Å². The van der Waals surface area contributed by atoms with Gasteiger partial charge >= 0.3 is 0 Å². The number of furan rings is 1. The molecular weight excluding hydrogens is 212 g/mol. The fourth-order valence-corrected chi connectivity index (χ4v) is 2.05. The lowest BCUT2D eigenvalue weighted by Crippen LogP contribution is -1.81. The van der Waals surface area contributed by atoms with Gasteiger partial charge in [-0.1, -0.05) is 12.0 Å². The van der Waals surface area contributed by atoms with Crippen molar-refractivity contribution in [2.75, 3.05) is 7.11 Å². The second-order valence-corrected chi connectivity index (χ2v) is 3.79. The standard InChI is InChI=1S/C15H10O2/c1-3-10-5-4-6-14-15(10)12-9-11(16-2)7-8-13(12)17-14/h1,4-9H,2H3. The minimum atomic E-state index is 0.798. The van der Waals surface area contributed by atoms with Crippen molar-refractivity contribution in [1.82, 2.24) is 0 Å². The van der Waals surface area contributed by atoms with Crippen molar-refractivity contribution >= 4 is 21.9 Å². The Morgan fingerprint density at radius 2 is 2.06 bits per heavy atom. The summed E-state index contributed by atoms with van der Waals surface area (Å²) >= 11 is 0. The highest BCUT2D eigenvalue weighted by Gasteiger charge is 2.10. The Balaban J connectivity index is 2.51. The van der Waals surface area contributed by atoms with Gasteiger partial charge in [-0.25, -0.2) is 0 Å².